The third-order valence-corrected chi connectivity index (χ3v) is 6.77. The summed E-state index contributed by atoms with van der Waals surface area (Å²) < 4.78 is 5.75. The van der Waals surface area contributed by atoms with Gasteiger partial charge in [-0.2, -0.15) is 0 Å². The van der Waals surface area contributed by atoms with Gasteiger partial charge in [-0.1, -0.05) is 78.1 Å². The van der Waals surface area contributed by atoms with Crippen LogP contribution >= 0.6 is 34.8 Å². The van der Waals surface area contributed by atoms with E-state index in [1.54, 1.807) is 41.3 Å². The summed E-state index contributed by atoms with van der Waals surface area (Å²) in [5.41, 5.74) is 1.76. The van der Waals surface area contributed by atoms with Crippen molar-refractivity contribution >= 4 is 46.6 Å². The van der Waals surface area contributed by atoms with Gasteiger partial charge in [-0.3, -0.25) is 9.59 Å². The van der Waals surface area contributed by atoms with Crippen LogP contribution in [0, 0.1) is 0 Å². The number of carbonyl (C=O) groups is 2. The normalized spacial score (nSPS) is 11.6. The Balaban J connectivity index is 1.79. The fraction of sp³-hybridized carbons (Fsp3) is 0.310. The van der Waals surface area contributed by atoms with Gasteiger partial charge in [0.05, 0.1) is 16.7 Å². The quantitative estimate of drug-likeness (QED) is 0.229. The summed E-state index contributed by atoms with van der Waals surface area (Å²) in [6.07, 6.45) is 1.91. The van der Waals surface area contributed by atoms with Gasteiger partial charge in [0, 0.05) is 31.0 Å². The average Bonchev–Trinajstić information content (AvgIpc) is 2.90. The van der Waals surface area contributed by atoms with Crippen molar-refractivity contribution in [3.05, 3.63) is 99.0 Å². The number of ether oxygens (including phenoxy) is 1. The van der Waals surface area contributed by atoms with Gasteiger partial charge in [0.2, 0.25) is 11.8 Å². The van der Waals surface area contributed by atoms with Crippen LogP contribution in [0.25, 0.3) is 0 Å². The van der Waals surface area contributed by atoms with Crippen LogP contribution in [-0.4, -0.2) is 35.9 Å². The van der Waals surface area contributed by atoms with Gasteiger partial charge in [0.1, 0.15) is 11.8 Å². The third-order valence-electron chi connectivity index (χ3n) is 5.77. The maximum atomic E-state index is 13.6. The topological polar surface area (TPSA) is 58.6 Å². The Morgan fingerprint density at radius 3 is 2.32 bits per heavy atom. The number of hydrogen-bond acceptors (Lipinski definition) is 3. The van der Waals surface area contributed by atoms with E-state index in [0.29, 0.717) is 46.8 Å². The molecule has 0 bridgehead atoms. The minimum Gasteiger partial charge on any atom is -0.494 e. The average molecular weight is 562 g/mol. The molecule has 0 unspecified atom stereocenters. The monoisotopic (exact) mass is 560 g/mol. The Morgan fingerprint density at radius 2 is 1.65 bits per heavy atom. The first-order chi connectivity index (χ1) is 17.9. The van der Waals surface area contributed by atoms with E-state index in [4.69, 9.17) is 39.5 Å². The highest BCUT2D eigenvalue weighted by molar-refractivity contribution is 6.42. The minimum atomic E-state index is -0.687. The standard InChI is InChI=1S/C29H31Cl3N2O3/c1-2-16-33-29(36)27(19-21-7-4-3-5-8-21)34(20-22-10-15-25(31)26(32)18-22)28(35)9-6-17-37-24-13-11-23(30)12-14-24/h3-5,7-8,10-15,18,27H,2,6,9,16-17,19-20H2,1H3,(H,33,36)/t27-/m0/s1. The highest BCUT2D eigenvalue weighted by Crippen LogP contribution is 2.25. The van der Waals surface area contributed by atoms with Crippen molar-refractivity contribution in [3.8, 4) is 5.75 Å². The second-order valence-electron chi connectivity index (χ2n) is 8.67. The summed E-state index contributed by atoms with van der Waals surface area (Å²) in [6, 6.07) is 21.3. The molecule has 0 heterocycles. The first-order valence-electron chi connectivity index (χ1n) is 12.3. The number of amides is 2. The predicted octanol–water partition coefficient (Wildman–Crippen LogP) is 6.97. The van der Waals surface area contributed by atoms with E-state index in [0.717, 1.165) is 17.5 Å². The van der Waals surface area contributed by atoms with Gasteiger partial charge in [0.15, 0.2) is 0 Å². The minimum absolute atomic E-state index is 0.140. The van der Waals surface area contributed by atoms with Crippen LogP contribution in [0.2, 0.25) is 15.1 Å². The van der Waals surface area contributed by atoms with Crippen LogP contribution in [-0.2, 0) is 22.6 Å². The molecule has 0 spiro atoms. The smallest absolute Gasteiger partial charge is 0.243 e. The Hall–Kier alpha value is -2.73. The molecule has 3 aromatic rings. The Bertz CT molecular complexity index is 1160. The molecule has 196 valence electrons. The van der Waals surface area contributed by atoms with Crippen LogP contribution in [0.5, 0.6) is 5.75 Å². The molecule has 3 rings (SSSR count). The molecule has 0 radical (unpaired) electrons. The maximum Gasteiger partial charge on any atom is 0.243 e. The second-order valence-corrected chi connectivity index (χ2v) is 9.92. The zero-order valence-corrected chi connectivity index (χ0v) is 23.0. The number of carbonyl (C=O) groups excluding carboxylic acids is 2. The summed E-state index contributed by atoms with van der Waals surface area (Å²) in [5.74, 6) is 0.361. The van der Waals surface area contributed by atoms with E-state index in [2.05, 4.69) is 5.32 Å². The van der Waals surface area contributed by atoms with Gasteiger partial charge in [-0.25, -0.2) is 0 Å². The maximum absolute atomic E-state index is 13.6. The molecule has 37 heavy (non-hydrogen) atoms. The van der Waals surface area contributed by atoms with Gasteiger partial charge < -0.3 is 15.0 Å². The fourth-order valence-corrected chi connectivity index (χ4v) is 4.29. The second kappa shape index (κ2) is 14.9. The molecule has 0 fully saturated rings. The molecule has 0 aliphatic rings. The fourth-order valence-electron chi connectivity index (χ4n) is 3.84. The summed E-state index contributed by atoms with van der Waals surface area (Å²) in [6.45, 7) is 3.11. The largest absolute Gasteiger partial charge is 0.494 e. The number of benzene rings is 3. The number of nitrogens with zero attached hydrogens (tertiary/aromatic N) is 1. The predicted molar refractivity (Wildman–Crippen MR) is 150 cm³/mol. The van der Waals surface area contributed by atoms with Gasteiger partial charge >= 0.3 is 0 Å². The molecule has 0 saturated heterocycles. The molecule has 0 aliphatic carbocycles. The van der Waals surface area contributed by atoms with Crippen molar-refractivity contribution in [2.45, 2.75) is 45.2 Å². The van der Waals surface area contributed by atoms with Crippen LogP contribution in [0.3, 0.4) is 0 Å². The van der Waals surface area contributed by atoms with Crippen molar-refractivity contribution in [1.82, 2.24) is 10.2 Å². The molecule has 0 aromatic heterocycles. The first kappa shape index (κ1) is 28.8. The molecule has 2 amide bonds. The van der Waals surface area contributed by atoms with Gasteiger partial charge in [-0.15, -0.1) is 0 Å². The van der Waals surface area contributed by atoms with Crippen LogP contribution in [0.1, 0.15) is 37.3 Å². The van der Waals surface area contributed by atoms with E-state index in [1.807, 2.05) is 43.3 Å². The van der Waals surface area contributed by atoms with Crippen molar-refractivity contribution in [1.29, 1.82) is 0 Å². The van der Waals surface area contributed by atoms with E-state index in [1.165, 1.54) is 0 Å². The van der Waals surface area contributed by atoms with Crippen LogP contribution in [0.4, 0.5) is 0 Å². The molecule has 8 heteroatoms. The van der Waals surface area contributed by atoms with Crippen molar-refractivity contribution in [2.75, 3.05) is 13.2 Å². The van der Waals surface area contributed by atoms with Gasteiger partial charge in [0.25, 0.3) is 0 Å². The molecule has 0 saturated carbocycles. The molecule has 3 aromatic carbocycles. The highest BCUT2D eigenvalue weighted by Gasteiger charge is 2.30. The summed E-state index contributed by atoms with van der Waals surface area (Å²) >= 11 is 18.3. The SMILES string of the molecule is CCCNC(=O)[C@H](Cc1ccccc1)N(Cc1ccc(Cl)c(Cl)c1)C(=O)CCCOc1ccc(Cl)cc1. The Kier molecular flexibility index (Phi) is 11.6. The van der Waals surface area contributed by atoms with E-state index in [9.17, 15) is 9.59 Å². The molecular weight excluding hydrogens is 531 g/mol. The summed E-state index contributed by atoms with van der Waals surface area (Å²) in [4.78, 5) is 28.5. The van der Waals surface area contributed by atoms with E-state index < -0.39 is 6.04 Å². The summed E-state index contributed by atoms with van der Waals surface area (Å²) in [5, 5.41) is 4.44. The number of halogens is 3. The molecule has 1 N–H and O–H groups in total. The van der Waals surface area contributed by atoms with Crippen molar-refractivity contribution < 1.29 is 14.3 Å². The number of nitrogens with one attached hydrogen (secondary N) is 1. The lowest BCUT2D eigenvalue weighted by Crippen LogP contribution is -2.50. The lowest BCUT2D eigenvalue weighted by atomic mass is 10.0. The third kappa shape index (κ3) is 9.26. The zero-order chi connectivity index (χ0) is 26.6. The summed E-state index contributed by atoms with van der Waals surface area (Å²) in [7, 11) is 0. The Morgan fingerprint density at radius 1 is 0.919 bits per heavy atom. The number of hydrogen-bond donors (Lipinski definition) is 1. The molecule has 1 atom stereocenters. The van der Waals surface area contributed by atoms with E-state index in [-0.39, 0.29) is 24.8 Å². The Labute approximate surface area is 233 Å². The van der Waals surface area contributed by atoms with Crippen LogP contribution in [0.15, 0.2) is 72.8 Å². The van der Waals surface area contributed by atoms with Crippen molar-refractivity contribution in [3.63, 3.8) is 0 Å². The lowest BCUT2D eigenvalue weighted by Gasteiger charge is -2.31. The van der Waals surface area contributed by atoms with Gasteiger partial charge in [-0.05, 0) is 60.4 Å². The highest BCUT2D eigenvalue weighted by atomic mass is 35.5. The number of rotatable bonds is 13. The molecule has 0 aliphatic heterocycles. The zero-order valence-electron chi connectivity index (χ0n) is 20.8. The van der Waals surface area contributed by atoms with Crippen LogP contribution < -0.4 is 10.1 Å². The lowest BCUT2D eigenvalue weighted by molar-refractivity contribution is -0.141. The van der Waals surface area contributed by atoms with E-state index >= 15 is 0 Å². The molecular formula is C29H31Cl3N2O3. The molecule has 5 nitrogen and oxygen atoms in total. The van der Waals surface area contributed by atoms with Crippen molar-refractivity contribution in [2.24, 2.45) is 0 Å². The first-order valence-corrected chi connectivity index (χ1v) is 13.4.